The largest absolute Gasteiger partial charge is 0.354 e. The SMILES string of the molecule is CCC(C)NC(=O)CCc1nnc2c3cc(-c4ccc(Cl)cc4)nn3ccn12. The number of fused-ring (bicyclic) bond motifs is 3. The third-order valence-electron chi connectivity index (χ3n) is 4.82. The number of nitrogens with zero attached hydrogens (tertiary/aromatic N) is 5. The van der Waals surface area contributed by atoms with E-state index in [9.17, 15) is 4.79 Å². The Morgan fingerprint density at radius 1 is 1.21 bits per heavy atom. The summed E-state index contributed by atoms with van der Waals surface area (Å²) in [5.74, 6) is 0.785. The Hall–Kier alpha value is -2.93. The molecule has 1 atom stereocenters. The zero-order valence-corrected chi connectivity index (χ0v) is 16.5. The molecule has 3 heterocycles. The molecule has 0 fully saturated rings. The van der Waals surface area contributed by atoms with Crippen molar-refractivity contribution in [1.82, 2.24) is 29.5 Å². The quantitative estimate of drug-likeness (QED) is 0.540. The Kier molecular flexibility index (Phi) is 5.00. The van der Waals surface area contributed by atoms with E-state index in [1.807, 2.05) is 61.0 Å². The molecule has 0 saturated carbocycles. The maximum absolute atomic E-state index is 12.0. The maximum atomic E-state index is 12.0. The number of rotatable bonds is 6. The zero-order valence-electron chi connectivity index (χ0n) is 15.8. The van der Waals surface area contributed by atoms with Crippen molar-refractivity contribution in [2.45, 2.75) is 39.2 Å². The molecule has 4 rings (SSSR count). The van der Waals surface area contributed by atoms with Crippen LogP contribution in [0, 0.1) is 0 Å². The van der Waals surface area contributed by atoms with Crippen LogP contribution in [-0.2, 0) is 11.2 Å². The molecule has 4 aromatic rings. The number of nitrogens with one attached hydrogen (secondary N) is 1. The molecule has 1 N–H and O–H groups in total. The monoisotopic (exact) mass is 396 g/mol. The van der Waals surface area contributed by atoms with E-state index < -0.39 is 0 Å². The maximum Gasteiger partial charge on any atom is 0.220 e. The molecule has 3 aromatic heterocycles. The fourth-order valence-electron chi connectivity index (χ4n) is 3.07. The summed E-state index contributed by atoms with van der Waals surface area (Å²) in [5, 5.41) is 16.9. The first-order valence-corrected chi connectivity index (χ1v) is 9.70. The summed E-state index contributed by atoms with van der Waals surface area (Å²) in [6.07, 6.45) is 5.56. The number of benzene rings is 1. The van der Waals surface area contributed by atoms with E-state index in [1.54, 1.807) is 4.52 Å². The predicted octanol–water partition coefficient (Wildman–Crippen LogP) is 3.54. The molecule has 0 radical (unpaired) electrons. The first kappa shape index (κ1) is 18.4. The lowest BCUT2D eigenvalue weighted by Crippen LogP contribution is -2.32. The van der Waals surface area contributed by atoms with E-state index in [0.717, 1.165) is 29.0 Å². The van der Waals surface area contributed by atoms with Gasteiger partial charge >= 0.3 is 0 Å². The molecular formula is C20H21ClN6O. The minimum atomic E-state index is 0.0292. The van der Waals surface area contributed by atoms with Gasteiger partial charge in [0.05, 0.1) is 5.69 Å². The van der Waals surface area contributed by atoms with Gasteiger partial charge in [-0.15, -0.1) is 10.2 Å². The van der Waals surface area contributed by atoms with E-state index in [-0.39, 0.29) is 11.9 Å². The molecule has 28 heavy (non-hydrogen) atoms. The molecule has 0 aliphatic carbocycles. The Morgan fingerprint density at radius 2 is 2.00 bits per heavy atom. The molecule has 1 aromatic carbocycles. The first-order chi connectivity index (χ1) is 13.5. The van der Waals surface area contributed by atoms with Gasteiger partial charge in [-0.05, 0) is 31.5 Å². The second-order valence-corrected chi connectivity index (χ2v) is 7.29. The van der Waals surface area contributed by atoms with Crippen molar-refractivity contribution >= 4 is 28.7 Å². The van der Waals surface area contributed by atoms with Crippen LogP contribution in [0.1, 0.15) is 32.5 Å². The number of halogens is 1. The number of aryl methyl sites for hydroxylation is 1. The van der Waals surface area contributed by atoms with Gasteiger partial charge in [-0.2, -0.15) is 5.10 Å². The lowest BCUT2D eigenvalue weighted by atomic mass is 10.1. The highest BCUT2D eigenvalue weighted by atomic mass is 35.5. The average molecular weight is 397 g/mol. The predicted molar refractivity (Wildman–Crippen MR) is 108 cm³/mol. The van der Waals surface area contributed by atoms with Gasteiger partial charge in [0, 0.05) is 41.9 Å². The molecule has 0 spiro atoms. The summed E-state index contributed by atoms with van der Waals surface area (Å²) in [4.78, 5) is 12.0. The van der Waals surface area contributed by atoms with Crippen LogP contribution in [0.25, 0.3) is 22.4 Å². The van der Waals surface area contributed by atoms with Gasteiger partial charge in [-0.3, -0.25) is 9.20 Å². The van der Waals surface area contributed by atoms with Crippen molar-refractivity contribution in [3.8, 4) is 11.3 Å². The molecule has 1 unspecified atom stereocenters. The van der Waals surface area contributed by atoms with Gasteiger partial charge in [0.2, 0.25) is 5.91 Å². The van der Waals surface area contributed by atoms with E-state index >= 15 is 0 Å². The normalized spacial score (nSPS) is 12.5. The van der Waals surface area contributed by atoms with Crippen LogP contribution >= 0.6 is 11.6 Å². The summed E-state index contributed by atoms with van der Waals surface area (Å²) in [6.45, 7) is 4.05. The van der Waals surface area contributed by atoms with Gasteiger partial charge in [-0.25, -0.2) is 4.52 Å². The van der Waals surface area contributed by atoms with Crippen molar-refractivity contribution in [2.24, 2.45) is 0 Å². The van der Waals surface area contributed by atoms with E-state index in [1.165, 1.54) is 0 Å². The van der Waals surface area contributed by atoms with E-state index in [4.69, 9.17) is 11.6 Å². The van der Waals surface area contributed by atoms with Crippen molar-refractivity contribution in [3.63, 3.8) is 0 Å². The molecule has 144 valence electrons. The number of aromatic nitrogens is 5. The minimum absolute atomic E-state index is 0.0292. The first-order valence-electron chi connectivity index (χ1n) is 9.32. The lowest BCUT2D eigenvalue weighted by Gasteiger charge is -2.10. The molecule has 8 heteroatoms. The minimum Gasteiger partial charge on any atom is -0.354 e. The Labute approximate surface area is 167 Å². The Morgan fingerprint density at radius 3 is 2.75 bits per heavy atom. The van der Waals surface area contributed by atoms with E-state index in [2.05, 4.69) is 20.6 Å². The van der Waals surface area contributed by atoms with Gasteiger partial charge < -0.3 is 5.32 Å². The molecule has 7 nitrogen and oxygen atoms in total. The van der Waals surface area contributed by atoms with Crippen LogP contribution in [0.3, 0.4) is 0 Å². The summed E-state index contributed by atoms with van der Waals surface area (Å²) in [5.41, 5.74) is 3.39. The Bertz CT molecular complexity index is 1130. The fraction of sp³-hybridized carbons (Fsp3) is 0.300. The number of hydrogen-bond donors (Lipinski definition) is 1. The second kappa shape index (κ2) is 7.59. The van der Waals surface area contributed by atoms with Gasteiger partial charge in [-0.1, -0.05) is 30.7 Å². The number of carbonyl (C=O) groups excluding carboxylic acids is 1. The van der Waals surface area contributed by atoms with Crippen LogP contribution in [0.5, 0.6) is 0 Å². The topological polar surface area (TPSA) is 76.6 Å². The van der Waals surface area contributed by atoms with Crippen LogP contribution in [0.2, 0.25) is 5.02 Å². The Balaban J connectivity index is 1.61. The number of amides is 1. The standard InChI is InChI=1S/C20H21ClN6O/c1-3-13(2)22-19(28)9-8-18-23-24-20-17-12-16(14-4-6-15(21)7-5-14)25-27(17)11-10-26(18)20/h4-7,10-13H,3,8-9H2,1-2H3,(H,22,28). The fourth-order valence-corrected chi connectivity index (χ4v) is 3.19. The molecule has 1 amide bonds. The van der Waals surface area contributed by atoms with Crippen LogP contribution < -0.4 is 5.32 Å². The third kappa shape index (κ3) is 3.57. The van der Waals surface area contributed by atoms with Gasteiger partial charge in [0.15, 0.2) is 5.65 Å². The van der Waals surface area contributed by atoms with Gasteiger partial charge in [0.25, 0.3) is 0 Å². The smallest absolute Gasteiger partial charge is 0.220 e. The number of hydrogen-bond acceptors (Lipinski definition) is 4. The molecule has 0 saturated heterocycles. The zero-order chi connectivity index (χ0) is 19.7. The summed E-state index contributed by atoms with van der Waals surface area (Å²) in [6, 6.07) is 9.72. The van der Waals surface area contributed by atoms with Crippen LogP contribution in [0.4, 0.5) is 0 Å². The van der Waals surface area contributed by atoms with Gasteiger partial charge in [0.1, 0.15) is 11.3 Å². The lowest BCUT2D eigenvalue weighted by molar-refractivity contribution is -0.121. The third-order valence-corrected chi connectivity index (χ3v) is 5.08. The highest BCUT2D eigenvalue weighted by Crippen LogP contribution is 2.23. The second-order valence-electron chi connectivity index (χ2n) is 6.85. The summed E-state index contributed by atoms with van der Waals surface area (Å²) in [7, 11) is 0. The molecular weight excluding hydrogens is 376 g/mol. The van der Waals surface area contributed by atoms with Crippen LogP contribution in [0.15, 0.2) is 42.7 Å². The van der Waals surface area contributed by atoms with E-state index in [0.29, 0.717) is 23.5 Å². The van der Waals surface area contributed by atoms with Crippen molar-refractivity contribution in [1.29, 1.82) is 0 Å². The highest BCUT2D eigenvalue weighted by Gasteiger charge is 2.14. The summed E-state index contributed by atoms with van der Waals surface area (Å²) < 4.78 is 3.70. The average Bonchev–Trinajstić information content (AvgIpc) is 3.30. The van der Waals surface area contributed by atoms with Crippen LogP contribution in [-0.4, -0.2) is 36.2 Å². The molecule has 0 bridgehead atoms. The van der Waals surface area contributed by atoms with Crippen molar-refractivity contribution < 1.29 is 4.79 Å². The highest BCUT2D eigenvalue weighted by molar-refractivity contribution is 6.30. The molecule has 0 aliphatic rings. The molecule has 0 aliphatic heterocycles. The van der Waals surface area contributed by atoms with Crippen molar-refractivity contribution in [3.05, 3.63) is 53.6 Å². The van der Waals surface area contributed by atoms with Crippen molar-refractivity contribution in [2.75, 3.05) is 0 Å². The number of carbonyl (C=O) groups is 1. The summed E-state index contributed by atoms with van der Waals surface area (Å²) >= 11 is 5.97.